The molecule has 0 saturated carbocycles. The molecule has 0 spiro atoms. The molecule has 2 N–H and O–H groups in total. The Morgan fingerprint density at radius 2 is 1.88 bits per heavy atom. The number of rotatable bonds is 1. The van der Waals surface area contributed by atoms with Gasteiger partial charge >= 0.3 is 0 Å². The van der Waals surface area contributed by atoms with E-state index in [9.17, 15) is 0 Å². The first-order valence-electron chi connectivity index (χ1n) is 5.81. The van der Waals surface area contributed by atoms with Gasteiger partial charge in [-0.05, 0) is 40.7 Å². The van der Waals surface area contributed by atoms with Crippen LogP contribution in [0.25, 0.3) is 11.1 Å². The van der Waals surface area contributed by atoms with Crippen LogP contribution in [0.5, 0.6) is 0 Å². The summed E-state index contributed by atoms with van der Waals surface area (Å²) in [5, 5.41) is 2.58. The van der Waals surface area contributed by atoms with Gasteiger partial charge in [0.05, 0.1) is 5.38 Å². The van der Waals surface area contributed by atoms with Crippen LogP contribution in [0.3, 0.4) is 0 Å². The van der Waals surface area contributed by atoms with E-state index >= 15 is 0 Å². The maximum absolute atomic E-state index is 6.33. The molecule has 0 radical (unpaired) electrons. The first-order chi connectivity index (χ1) is 8.18. The smallest absolute Gasteiger partial charge is 0.0535 e. The third-order valence-electron chi connectivity index (χ3n) is 3.46. The Hall–Kier alpha value is -1.47. The molecule has 0 aromatic heterocycles. The maximum atomic E-state index is 6.33. The van der Waals surface area contributed by atoms with Crippen LogP contribution >= 0.6 is 11.6 Å². The summed E-state index contributed by atoms with van der Waals surface area (Å²) in [5.74, 6) is 0.255. The molecule has 0 heterocycles. The quantitative estimate of drug-likeness (QED) is 0.746. The zero-order valence-electron chi connectivity index (χ0n) is 9.65. The molecule has 0 amide bonds. The highest BCUT2D eigenvalue weighted by Gasteiger charge is 2.27. The number of alkyl halides is 1. The standard InChI is InChI=1S/C15H14ClN/c1-9(16)15-13-5-3-2-4-11(13)12-7-6-10(17)8-14(12)15/h2-9,14H,17H2,1H3. The molecular formula is C15H14ClN. The number of hydrogen-bond donors (Lipinski definition) is 1. The van der Waals surface area contributed by atoms with E-state index in [2.05, 4.69) is 36.4 Å². The van der Waals surface area contributed by atoms with Gasteiger partial charge in [-0.1, -0.05) is 30.3 Å². The minimum Gasteiger partial charge on any atom is -0.399 e. The predicted molar refractivity (Wildman–Crippen MR) is 72.7 cm³/mol. The zero-order valence-corrected chi connectivity index (χ0v) is 10.4. The molecule has 2 aliphatic carbocycles. The molecule has 17 heavy (non-hydrogen) atoms. The monoisotopic (exact) mass is 243 g/mol. The van der Waals surface area contributed by atoms with Crippen LogP contribution in [0.2, 0.25) is 0 Å². The van der Waals surface area contributed by atoms with Gasteiger partial charge in [-0.2, -0.15) is 0 Å². The Labute approximate surface area is 106 Å². The van der Waals surface area contributed by atoms with Gasteiger partial charge in [0.2, 0.25) is 0 Å². The lowest BCUT2D eigenvalue weighted by Gasteiger charge is -2.19. The van der Waals surface area contributed by atoms with E-state index in [1.165, 1.54) is 21.6 Å². The Morgan fingerprint density at radius 3 is 2.59 bits per heavy atom. The highest BCUT2D eigenvalue weighted by atomic mass is 35.5. The predicted octanol–water partition coefficient (Wildman–Crippen LogP) is 1.66. The van der Waals surface area contributed by atoms with Gasteiger partial charge in [0.25, 0.3) is 0 Å². The van der Waals surface area contributed by atoms with Crippen LogP contribution in [0.4, 0.5) is 0 Å². The molecule has 1 aromatic carbocycles. The van der Waals surface area contributed by atoms with E-state index in [-0.39, 0.29) is 11.3 Å². The van der Waals surface area contributed by atoms with Gasteiger partial charge in [0.1, 0.15) is 0 Å². The van der Waals surface area contributed by atoms with E-state index in [0.29, 0.717) is 0 Å². The highest BCUT2D eigenvalue weighted by molar-refractivity contribution is 6.25. The summed E-state index contributed by atoms with van der Waals surface area (Å²) < 4.78 is 0. The Bertz CT molecular complexity index is 650. The molecule has 0 bridgehead atoms. The van der Waals surface area contributed by atoms with Crippen molar-refractivity contribution in [3.05, 3.63) is 58.6 Å². The number of benzene rings is 1. The van der Waals surface area contributed by atoms with Crippen molar-refractivity contribution in [2.75, 3.05) is 0 Å². The zero-order chi connectivity index (χ0) is 12.0. The number of allylic oxidation sites excluding steroid dienone is 3. The molecule has 2 unspecified atom stereocenters. The van der Waals surface area contributed by atoms with Gasteiger partial charge in [-0.3, -0.25) is 0 Å². The lowest BCUT2D eigenvalue weighted by atomic mass is 9.88. The van der Waals surface area contributed by atoms with Crippen molar-refractivity contribution in [2.45, 2.75) is 12.3 Å². The molecule has 0 fully saturated rings. The third kappa shape index (κ3) is 1.54. The molecule has 0 saturated heterocycles. The Morgan fingerprint density at radius 1 is 1.18 bits per heavy atom. The van der Waals surface area contributed by atoms with E-state index < -0.39 is 0 Å². The third-order valence-corrected chi connectivity index (χ3v) is 3.70. The number of fused-ring (bicyclic) bond motifs is 2. The van der Waals surface area contributed by atoms with Crippen molar-refractivity contribution in [3.63, 3.8) is 0 Å². The van der Waals surface area contributed by atoms with Crippen molar-refractivity contribution in [3.8, 4) is 0 Å². The molecule has 2 aliphatic rings. The van der Waals surface area contributed by atoms with Crippen molar-refractivity contribution < 1.29 is 0 Å². The second-order valence-electron chi connectivity index (χ2n) is 4.55. The van der Waals surface area contributed by atoms with Crippen LogP contribution in [0.15, 0.2) is 48.2 Å². The van der Waals surface area contributed by atoms with Crippen LogP contribution in [-0.2, 0) is 0 Å². The molecule has 86 valence electrons. The summed E-state index contributed by atoms with van der Waals surface area (Å²) in [6.07, 6.45) is 6.18. The number of halogens is 1. The SMILES string of the molecule is CC(Cl)C1=c2ccccc2=C2C=CC(N)=CC21. The summed E-state index contributed by atoms with van der Waals surface area (Å²) in [5.41, 5.74) is 9.30. The van der Waals surface area contributed by atoms with E-state index in [0.717, 1.165) is 5.70 Å². The molecule has 3 rings (SSSR count). The molecule has 2 heteroatoms. The van der Waals surface area contributed by atoms with Gasteiger partial charge in [0, 0.05) is 11.6 Å². The topological polar surface area (TPSA) is 26.0 Å². The van der Waals surface area contributed by atoms with Crippen molar-refractivity contribution >= 4 is 22.7 Å². The first-order valence-corrected chi connectivity index (χ1v) is 6.25. The summed E-state index contributed by atoms with van der Waals surface area (Å²) in [6.45, 7) is 2.03. The Balaban J connectivity index is 2.39. The van der Waals surface area contributed by atoms with Crippen LogP contribution in [-0.4, -0.2) is 5.38 Å². The van der Waals surface area contributed by atoms with Crippen LogP contribution in [0.1, 0.15) is 6.92 Å². The van der Waals surface area contributed by atoms with Crippen molar-refractivity contribution in [2.24, 2.45) is 11.7 Å². The van der Waals surface area contributed by atoms with Gasteiger partial charge in [0.15, 0.2) is 0 Å². The van der Waals surface area contributed by atoms with E-state index in [1.54, 1.807) is 0 Å². The molecule has 0 aliphatic heterocycles. The Kier molecular flexibility index (Phi) is 2.37. The van der Waals surface area contributed by atoms with E-state index in [1.807, 2.05) is 13.0 Å². The molecule has 1 nitrogen and oxygen atoms in total. The number of hydrogen-bond acceptors (Lipinski definition) is 1. The summed E-state index contributed by atoms with van der Waals surface area (Å²) in [7, 11) is 0. The number of nitrogens with two attached hydrogens (primary N) is 1. The fourth-order valence-corrected chi connectivity index (χ4v) is 3.01. The van der Waals surface area contributed by atoms with Gasteiger partial charge < -0.3 is 5.73 Å². The lowest BCUT2D eigenvalue weighted by Crippen LogP contribution is -2.24. The normalized spacial score (nSPS) is 23.2. The first kappa shape index (κ1) is 10.7. The van der Waals surface area contributed by atoms with Gasteiger partial charge in [-0.25, -0.2) is 0 Å². The largest absolute Gasteiger partial charge is 0.399 e. The average Bonchev–Trinajstić information content (AvgIpc) is 2.62. The minimum absolute atomic E-state index is 0.0224. The minimum atomic E-state index is 0.0224. The fraction of sp³-hybridized carbons (Fsp3) is 0.200. The summed E-state index contributed by atoms with van der Waals surface area (Å²) in [6, 6.07) is 8.43. The maximum Gasteiger partial charge on any atom is 0.0535 e. The summed E-state index contributed by atoms with van der Waals surface area (Å²) >= 11 is 6.33. The molecular weight excluding hydrogens is 230 g/mol. The van der Waals surface area contributed by atoms with Crippen LogP contribution < -0.4 is 16.2 Å². The lowest BCUT2D eigenvalue weighted by molar-refractivity contribution is 1.02. The van der Waals surface area contributed by atoms with Crippen molar-refractivity contribution in [1.82, 2.24) is 0 Å². The fourth-order valence-electron chi connectivity index (χ4n) is 2.76. The van der Waals surface area contributed by atoms with Gasteiger partial charge in [-0.15, -0.1) is 11.6 Å². The summed E-state index contributed by atoms with van der Waals surface area (Å²) in [4.78, 5) is 0. The second kappa shape index (κ2) is 3.78. The molecule has 2 atom stereocenters. The van der Waals surface area contributed by atoms with Crippen LogP contribution in [0, 0.1) is 5.92 Å². The second-order valence-corrected chi connectivity index (χ2v) is 5.20. The van der Waals surface area contributed by atoms with Crippen molar-refractivity contribution in [1.29, 1.82) is 0 Å². The van der Waals surface area contributed by atoms with E-state index in [4.69, 9.17) is 17.3 Å². The average molecular weight is 244 g/mol. The highest BCUT2D eigenvalue weighted by Crippen LogP contribution is 2.33. The molecule has 1 aromatic rings.